The second kappa shape index (κ2) is 13.5. The molecule has 0 aliphatic heterocycles. The Bertz CT molecular complexity index is 813. The molecule has 2 atom stereocenters. The summed E-state index contributed by atoms with van der Waals surface area (Å²) >= 11 is 0. The molecule has 0 saturated heterocycles. The van der Waals surface area contributed by atoms with Crippen molar-refractivity contribution in [2.45, 2.75) is 38.0 Å². The molecule has 1 rings (SSSR count). The van der Waals surface area contributed by atoms with Crippen LogP contribution in [0.3, 0.4) is 0 Å². The van der Waals surface area contributed by atoms with Gasteiger partial charge in [0.15, 0.2) is 5.96 Å². The van der Waals surface area contributed by atoms with Crippen LogP contribution in [0, 0.1) is 0 Å². The van der Waals surface area contributed by atoms with E-state index in [-0.39, 0.29) is 18.9 Å². The maximum Gasteiger partial charge on any atom is 0.490 e. The van der Waals surface area contributed by atoms with E-state index in [4.69, 9.17) is 21.4 Å². The number of nitrogens with one attached hydrogen (secondary N) is 2. The summed E-state index contributed by atoms with van der Waals surface area (Å²) in [5.74, 6) is -5.00. The van der Waals surface area contributed by atoms with Crippen molar-refractivity contribution >= 4 is 29.7 Å². The van der Waals surface area contributed by atoms with Gasteiger partial charge in [0.05, 0.1) is 0 Å². The van der Waals surface area contributed by atoms with Crippen LogP contribution >= 0.6 is 0 Å². The van der Waals surface area contributed by atoms with Gasteiger partial charge >= 0.3 is 18.1 Å². The van der Waals surface area contributed by atoms with E-state index in [2.05, 4.69) is 15.6 Å². The molecule has 0 fully saturated rings. The molecule has 0 aliphatic carbocycles. The number of aliphatic imine (C=N–C) groups is 1. The van der Waals surface area contributed by atoms with Gasteiger partial charge in [-0.3, -0.25) is 14.6 Å². The monoisotopic (exact) mass is 463 g/mol. The van der Waals surface area contributed by atoms with Gasteiger partial charge in [-0.2, -0.15) is 13.2 Å². The van der Waals surface area contributed by atoms with Gasteiger partial charge in [-0.1, -0.05) is 18.2 Å². The van der Waals surface area contributed by atoms with Crippen LogP contribution in [0.4, 0.5) is 13.2 Å². The van der Waals surface area contributed by atoms with Crippen molar-refractivity contribution in [1.82, 2.24) is 10.6 Å². The van der Waals surface area contributed by atoms with E-state index >= 15 is 0 Å². The van der Waals surface area contributed by atoms with Crippen molar-refractivity contribution < 1.29 is 42.6 Å². The molecule has 8 N–H and O–H groups in total. The molecule has 0 aromatic heterocycles. The zero-order valence-electron chi connectivity index (χ0n) is 16.9. The van der Waals surface area contributed by atoms with Gasteiger partial charge in [-0.05, 0) is 31.9 Å². The summed E-state index contributed by atoms with van der Waals surface area (Å²) in [6.45, 7) is 1.75. The molecule has 0 spiro atoms. The highest BCUT2D eigenvalue weighted by molar-refractivity contribution is 5.97. The third-order valence-corrected chi connectivity index (χ3v) is 3.58. The zero-order valence-corrected chi connectivity index (χ0v) is 16.9. The van der Waals surface area contributed by atoms with Gasteiger partial charge < -0.3 is 32.3 Å². The molecular formula is C18H24F3N5O6. The van der Waals surface area contributed by atoms with Gasteiger partial charge in [-0.25, -0.2) is 9.59 Å². The predicted octanol–water partition coefficient (Wildman–Crippen LogP) is 0.0612. The number of nitrogens with zero attached hydrogens (tertiary/aromatic N) is 1. The highest BCUT2D eigenvalue weighted by Gasteiger charge is 2.38. The number of hydrogen-bond acceptors (Lipinski definition) is 5. The zero-order chi connectivity index (χ0) is 24.9. The molecule has 0 saturated carbocycles. The van der Waals surface area contributed by atoms with Crippen LogP contribution in [0.15, 0.2) is 35.3 Å². The fourth-order valence-electron chi connectivity index (χ4n) is 1.99. The minimum atomic E-state index is -5.08. The first-order valence-corrected chi connectivity index (χ1v) is 9.00. The number of carbonyl (C=O) groups excluding carboxylic acids is 2. The average molecular weight is 463 g/mol. The quantitative estimate of drug-likeness (QED) is 0.168. The Labute approximate surface area is 180 Å². The molecule has 1 aromatic rings. The minimum absolute atomic E-state index is 0.0758. The van der Waals surface area contributed by atoms with Crippen LogP contribution in [0.2, 0.25) is 0 Å². The number of carboxylic acid groups (broad SMARTS) is 2. The lowest BCUT2D eigenvalue weighted by Gasteiger charge is -2.18. The summed E-state index contributed by atoms with van der Waals surface area (Å²) in [5.41, 5.74) is 10.8. The van der Waals surface area contributed by atoms with E-state index < -0.39 is 42.0 Å². The standard InChI is InChI=1S/C16H23N5O4.C2HF3O2/c1-10(20-14(23)11-6-3-2-4-7-11)13(22)21-12(15(24)25)8-5-9-19-16(17)18;3-2(4,5)1(6)7/h2-4,6-7,10,12H,5,8-9H2,1H3,(H,20,23)(H,21,22)(H,24,25)(H4,17,18,19);(H,6,7)/t10-,12-;/m0./s1. The highest BCUT2D eigenvalue weighted by atomic mass is 19.4. The van der Waals surface area contributed by atoms with Crippen LogP contribution in [-0.2, 0) is 14.4 Å². The van der Waals surface area contributed by atoms with Crippen molar-refractivity contribution in [2.75, 3.05) is 6.54 Å². The van der Waals surface area contributed by atoms with Crippen LogP contribution in [-0.4, -0.2) is 64.7 Å². The van der Waals surface area contributed by atoms with Crippen molar-refractivity contribution in [1.29, 1.82) is 0 Å². The van der Waals surface area contributed by atoms with Crippen LogP contribution < -0.4 is 22.1 Å². The Morgan fingerprint density at radius 1 is 1.06 bits per heavy atom. The van der Waals surface area contributed by atoms with E-state index in [1.807, 2.05) is 0 Å². The Kier molecular flexibility index (Phi) is 11.8. The SMILES string of the molecule is C[C@H](NC(=O)c1ccccc1)C(=O)N[C@@H](CCCN=C(N)N)C(=O)O.O=C(O)C(F)(F)F. The summed E-state index contributed by atoms with van der Waals surface area (Å²) in [4.78, 5) is 48.0. The molecule has 2 amide bonds. The third kappa shape index (κ3) is 12.0. The van der Waals surface area contributed by atoms with Gasteiger partial charge in [-0.15, -0.1) is 0 Å². The van der Waals surface area contributed by atoms with Crippen LogP contribution in [0.1, 0.15) is 30.1 Å². The molecule has 0 radical (unpaired) electrons. The largest absolute Gasteiger partial charge is 0.490 e. The summed E-state index contributed by atoms with van der Waals surface area (Å²) in [6, 6.07) is 6.44. The second-order valence-corrected chi connectivity index (χ2v) is 6.21. The number of benzene rings is 1. The Morgan fingerprint density at radius 2 is 1.59 bits per heavy atom. The molecule has 0 heterocycles. The average Bonchev–Trinajstić information content (AvgIpc) is 2.70. The first-order chi connectivity index (χ1) is 14.8. The number of aliphatic carboxylic acids is 2. The molecule has 178 valence electrons. The third-order valence-electron chi connectivity index (χ3n) is 3.58. The smallest absolute Gasteiger partial charge is 0.480 e. The Morgan fingerprint density at radius 3 is 2.03 bits per heavy atom. The van der Waals surface area contributed by atoms with E-state index in [1.54, 1.807) is 30.3 Å². The maximum atomic E-state index is 12.1. The molecule has 11 nitrogen and oxygen atoms in total. The number of nitrogens with two attached hydrogens (primary N) is 2. The van der Waals surface area contributed by atoms with E-state index in [9.17, 15) is 32.7 Å². The topological polar surface area (TPSA) is 197 Å². The molecule has 32 heavy (non-hydrogen) atoms. The summed E-state index contributed by atoms with van der Waals surface area (Å²) in [5, 5.41) is 21.2. The fraction of sp³-hybridized carbons (Fsp3) is 0.389. The number of amides is 2. The molecule has 14 heteroatoms. The number of rotatable bonds is 9. The lowest BCUT2D eigenvalue weighted by atomic mass is 10.1. The van der Waals surface area contributed by atoms with Gasteiger partial charge in [0.25, 0.3) is 5.91 Å². The molecule has 1 aromatic carbocycles. The van der Waals surface area contributed by atoms with Crippen LogP contribution in [0.25, 0.3) is 0 Å². The molecule has 0 unspecified atom stereocenters. The lowest BCUT2D eigenvalue weighted by Crippen LogP contribution is -2.50. The van der Waals surface area contributed by atoms with E-state index in [0.717, 1.165) is 0 Å². The first-order valence-electron chi connectivity index (χ1n) is 9.00. The molecular weight excluding hydrogens is 439 g/mol. The summed E-state index contributed by atoms with van der Waals surface area (Å²) in [7, 11) is 0. The van der Waals surface area contributed by atoms with Crippen molar-refractivity contribution in [3.05, 3.63) is 35.9 Å². The number of alkyl halides is 3. The van der Waals surface area contributed by atoms with Gasteiger partial charge in [0.2, 0.25) is 5.91 Å². The fourth-order valence-corrected chi connectivity index (χ4v) is 1.99. The summed E-state index contributed by atoms with van der Waals surface area (Å²) in [6.07, 6.45) is -4.53. The normalized spacial score (nSPS) is 12.2. The van der Waals surface area contributed by atoms with Crippen molar-refractivity contribution in [2.24, 2.45) is 16.5 Å². The van der Waals surface area contributed by atoms with Gasteiger partial charge in [0, 0.05) is 12.1 Å². The maximum absolute atomic E-state index is 12.1. The van der Waals surface area contributed by atoms with Crippen LogP contribution in [0.5, 0.6) is 0 Å². The molecule has 0 aliphatic rings. The number of carboxylic acids is 2. The number of carbonyl (C=O) groups is 4. The lowest BCUT2D eigenvalue weighted by molar-refractivity contribution is -0.192. The highest BCUT2D eigenvalue weighted by Crippen LogP contribution is 2.13. The van der Waals surface area contributed by atoms with Gasteiger partial charge in [0.1, 0.15) is 12.1 Å². The predicted molar refractivity (Wildman–Crippen MR) is 107 cm³/mol. The Hall–Kier alpha value is -3.84. The number of hydrogen-bond donors (Lipinski definition) is 6. The van der Waals surface area contributed by atoms with E-state index in [1.165, 1.54) is 6.92 Å². The Balaban J connectivity index is 0.00000118. The minimum Gasteiger partial charge on any atom is -0.480 e. The van der Waals surface area contributed by atoms with Crippen molar-refractivity contribution in [3.8, 4) is 0 Å². The molecule has 0 bridgehead atoms. The number of halogens is 3. The summed E-state index contributed by atoms with van der Waals surface area (Å²) < 4.78 is 31.7. The number of guanidine groups is 1. The van der Waals surface area contributed by atoms with Crippen molar-refractivity contribution in [3.63, 3.8) is 0 Å². The second-order valence-electron chi connectivity index (χ2n) is 6.21. The van der Waals surface area contributed by atoms with E-state index in [0.29, 0.717) is 12.0 Å². The first kappa shape index (κ1) is 28.2.